The number of nitrogen functional groups attached to an aromatic ring is 1. The van der Waals surface area contributed by atoms with Gasteiger partial charge in [-0.25, -0.2) is 12.8 Å². The fraction of sp³-hybridized carbons (Fsp3) is 0.571. The zero-order chi connectivity index (χ0) is 15.6. The van der Waals surface area contributed by atoms with E-state index in [1.54, 1.807) is 0 Å². The monoisotopic (exact) mass is 378 g/mol. The molecular formula is C14H20BrFN2O2S. The summed E-state index contributed by atoms with van der Waals surface area (Å²) in [5.41, 5.74) is 5.64. The molecule has 1 aliphatic heterocycles. The number of benzene rings is 1. The number of anilines is 1. The van der Waals surface area contributed by atoms with Crippen molar-refractivity contribution in [1.82, 2.24) is 4.31 Å². The Hall–Kier alpha value is -0.660. The predicted octanol–water partition coefficient (Wildman–Crippen LogP) is 3.37. The van der Waals surface area contributed by atoms with Gasteiger partial charge < -0.3 is 5.73 Å². The molecule has 2 N–H and O–H groups in total. The zero-order valence-corrected chi connectivity index (χ0v) is 14.4. The Morgan fingerprint density at radius 2 is 2.00 bits per heavy atom. The smallest absolute Gasteiger partial charge is 0.245 e. The Kier molecular flexibility index (Phi) is 5.27. The summed E-state index contributed by atoms with van der Waals surface area (Å²) in [7, 11) is -3.66. The normalized spacial score (nSPS) is 18.0. The third-order valence-corrected chi connectivity index (χ3v) is 6.50. The first-order chi connectivity index (χ1) is 9.86. The van der Waals surface area contributed by atoms with Crippen molar-refractivity contribution in [1.29, 1.82) is 0 Å². The van der Waals surface area contributed by atoms with Crippen LogP contribution in [0.25, 0.3) is 0 Å². The molecule has 0 radical (unpaired) electrons. The standard InChI is InChI=1S/C14H20BrFN2O2S/c1-2-3-10-4-6-18(7-5-10)21(19,20)14-8-11(15)12(16)9-13(14)17/h8-10H,2-7,17H2,1H3. The third kappa shape index (κ3) is 3.57. The van der Waals surface area contributed by atoms with Crippen LogP contribution in [0.15, 0.2) is 21.5 Å². The van der Waals surface area contributed by atoms with E-state index < -0.39 is 15.8 Å². The lowest BCUT2D eigenvalue weighted by molar-refractivity contribution is 0.262. The lowest BCUT2D eigenvalue weighted by Gasteiger charge is -2.31. The van der Waals surface area contributed by atoms with Crippen LogP contribution >= 0.6 is 15.9 Å². The van der Waals surface area contributed by atoms with Gasteiger partial charge in [-0.3, -0.25) is 0 Å². The number of rotatable bonds is 4. The van der Waals surface area contributed by atoms with Gasteiger partial charge in [0.25, 0.3) is 0 Å². The van der Waals surface area contributed by atoms with Crippen molar-refractivity contribution < 1.29 is 12.8 Å². The molecule has 0 aliphatic carbocycles. The maximum Gasteiger partial charge on any atom is 0.245 e. The van der Waals surface area contributed by atoms with E-state index in [4.69, 9.17) is 5.73 Å². The highest BCUT2D eigenvalue weighted by atomic mass is 79.9. The molecule has 1 fully saturated rings. The van der Waals surface area contributed by atoms with Crippen LogP contribution in [-0.2, 0) is 10.0 Å². The molecule has 0 aromatic heterocycles. The van der Waals surface area contributed by atoms with Crippen molar-refractivity contribution in [2.75, 3.05) is 18.8 Å². The largest absolute Gasteiger partial charge is 0.398 e. The van der Waals surface area contributed by atoms with Gasteiger partial charge in [0, 0.05) is 13.1 Å². The maximum atomic E-state index is 13.4. The molecule has 0 amide bonds. The van der Waals surface area contributed by atoms with E-state index in [9.17, 15) is 12.8 Å². The molecule has 0 spiro atoms. The van der Waals surface area contributed by atoms with Crippen LogP contribution in [0.5, 0.6) is 0 Å². The molecule has 21 heavy (non-hydrogen) atoms. The average molecular weight is 379 g/mol. The van der Waals surface area contributed by atoms with E-state index in [1.165, 1.54) is 10.4 Å². The number of halogens is 2. The Bertz CT molecular complexity index is 614. The molecule has 1 aliphatic rings. The minimum Gasteiger partial charge on any atom is -0.398 e. The minimum atomic E-state index is -3.66. The number of nitrogens with two attached hydrogens (primary N) is 1. The Morgan fingerprint density at radius 3 is 2.57 bits per heavy atom. The summed E-state index contributed by atoms with van der Waals surface area (Å²) >= 11 is 3.01. The first-order valence-corrected chi connectivity index (χ1v) is 9.34. The summed E-state index contributed by atoms with van der Waals surface area (Å²) < 4.78 is 40.2. The van der Waals surface area contributed by atoms with Crippen molar-refractivity contribution in [3.8, 4) is 0 Å². The molecule has 1 heterocycles. The van der Waals surface area contributed by atoms with Crippen LogP contribution in [0, 0.1) is 11.7 Å². The van der Waals surface area contributed by atoms with Crippen LogP contribution in [0.3, 0.4) is 0 Å². The Labute approximate surface area is 133 Å². The first-order valence-electron chi connectivity index (χ1n) is 7.11. The van der Waals surface area contributed by atoms with Crippen molar-refractivity contribution in [3.63, 3.8) is 0 Å². The van der Waals surface area contributed by atoms with Crippen LogP contribution in [0.4, 0.5) is 10.1 Å². The van der Waals surface area contributed by atoms with Crippen molar-refractivity contribution in [3.05, 3.63) is 22.4 Å². The van der Waals surface area contributed by atoms with Gasteiger partial charge in [-0.1, -0.05) is 19.8 Å². The van der Waals surface area contributed by atoms with E-state index in [0.29, 0.717) is 19.0 Å². The van der Waals surface area contributed by atoms with E-state index in [-0.39, 0.29) is 15.1 Å². The SMILES string of the molecule is CCCC1CCN(S(=O)(=O)c2cc(Br)c(F)cc2N)CC1. The van der Waals surface area contributed by atoms with Gasteiger partial charge in [0.2, 0.25) is 10.0 Å². The molecule has 0 unspecified atom stereocenters. The molecule has 2 rings (SSSR count). The van der Waals surface area contributed by atoms with E-state index in [1.807, 2.05) is 0 Å². The van der Waals surface area contributed by atoms with Gasteiger partial charge in [-0.15, -0.1) is 0 Å². The summed E-state index contributed by atoms with van der Waals surface area (Å²) in [6.07, 6.45) is 4.00. The maximum absolute atomic E-state index is 13.4. The summed E-state index contributed by atoms with van der Waals surface area (Å²) in [6, 6.07) is 2.29. The van der Waals surface area contributed by atoms with Gasteiger partial charge >= 0.3 is 0 Å². The number of hydrogen-bond donors (Lipinski definition) is 1. The number of hydrogen-bond acceptors (Lipinski definition) is 3. The molecular weight excluding hydrogens is 359 g/mol. The topological polar surface area (TPSA) is 63.4 Å². The molecule has 0 atom stereocenters. The summed E-state index contributed by atoms with van der Waals surface area (Å²) in [5, 5.41) is 0. The van der Waals surface area contributed by atoms with E-state index in [2.05, 4.69) is 22.9 Å². The number of piperidine rings is 1. The summed E-state index contributed by atoms with van der Waals surface area (Å²) in [4.78, 5) is -0.0234. The highest BCUT2D eigenvalue weighted by Gasteiger charge is 2.31. The first kappa shape index (κ1) is 16.7. The van der Waals surface area contributed by atoms with Crippen LogP contribution in [0.1, 0.15) is 32.6 Å². The highest BCUT2D eigenvalue weighted by molar-refractivity contribution is 9.10. The number of nitrogens with zero attached hydrogens (tertiary/aromatic N) is 1. The highest BCUT2D eigenvalue weighted by Crippen LogP contribution is 2.31. The lowest BCUT2D eigenvalue weighted by Crippen LogP contribution is -2.38. The fourth-order valence-corrected chi connectivity index (χ4v) is 4.84. The second-order valence-corrected chi connectivity index (χ2v) is 8.20. The molecule has 1 saturated heterocycles. The van der Waals surface area contributed by atoms with Crippen LogP contribution < -0.4 is 5.73 Å². The molecule has 0 saturated carbocycles. The molecule has 7 heteroatoms. The van der Waals surface area contributed by atoms with Gasteiger partial charge in [-0.2, -0.15) is 4.31 Å². The average Bonchev–Trinajstić information content (AvgIpc) is 2.43. The van der Waals surface area contributed by atoms with Crippen molar-refractivity contribution in [2.45, 2.75) is 37.5 Å². The second kappa shape index (κ2) is 6.62. The Morgan fingerprint density at radius 1 is 1.38 bits per heavy atom. The Balaban J connectivity index is 2.22. The quantitative estimate of drug-likeness (QED) is 0.816. The molecule has 0 bridgehead atoms. The van der Waals surface area contributed by atoms with E-state index >= 15 is 0 Å². The molecule has 1 aromatic rings. The zero-order valence-electron chi connectivity index (χ0n) is 12.0. The van der Waals surface area contributed by atoms with Gasteiger partial charge in [0.15, 0.2) is 0 Å². The summed E-state index contributed by atoms with van der Waals surface area (Å²) in [6.45, 7) is 3.14. The van der Waals surface area contributed by atoms with Gasteiger partial charge in [-0.05, 0) is 46.8 Å². The van der Waals surface area contributed by atoms with Gasteiger partial charge in [0.1, 0.15) is 10.7 Å². The summed E-state index contributed by atoms with van der Waals surface area (Å²) in [5.74, 6) is 0.0341. The predicted molar refractivity (Wildman–Crippen MR) is 84.9 cm³/mol. The van der Waals surface area contributed by atoms with Gasteiger partial charge in [0.05, 0.1) is 10.2 Å². The lowest BCUT2D eigenvalue weighted by atomic mass is 9.94. The van der Waals surface area contributed by atoms with Crippen LogP contribution in [0.2, 0.25) is 0 Å². The van der Waals surface area contributed by atoms with Crippen molar-refractivity contribution >= 4 is 31.6 Å². The van der Waals surface area contributed by atoms with Crippen molar-refractivity contribution in [2.24, 2.45) is 5.92 Å². The third-order valence-electron chi connectivity index (χ3n) is 3.94. The molecule has 4 nitrogen and oxygen atoms in total. The van der Waals surface area contributed by atoms with E-state index in [0.717, 1.165) is 31.7 Å². The minimum absolute atomic E-state index is 0.0234. The molecule has 118 valence electrons. The second-order valence-electron chi connectivity index (χ2n) is 5.44. The molecule has 1 aromatic carbocycles. The van der Waals surface area contributed by atoms with Crippen LogP contribution in [-0.4, -0.2) is 25.8 Å². The fourth-order valence-electron chi connectivity index (χ4n) is 2.75. The number of sulfonamides is 1.